The summed E-state index contributed by atoms with van der Waals surface area (Å²) in [6.07, 6.45) is 5.08. The Hall–Kier alpha value is -0.480. The van der Waals surface area contributed by atoms with E-state index in [0.29, 0.717) is 11.8 Å². The fourth-order valence-corrected chi connectivity index (χ4v) is 2.49. The van der Waals surface area contributed by atoms with Gasteiger partial charge in [-0.25, -0.2) is 0 Å². The highest BCUT2D eigenvalue weighted by Crippen LogP contribution is 2.40. The van der Waals surface area contributed by atoms with E-state index in [1.165, 1.54) is 12.8 Å². The summed E-state index contributed by atoms with van der Waals surface area (Å²) in [7, 11) is 0. The van der Waals surface area contributed by atoms with E-state index in [0.717, 1.165) is 19.3 Å². The predicted molar refractivity (Wildman–Crippen MR) is 59.8 cm³/mol. The molecule has 1 saturated carbocycles. The minimum absolute atomic E-state index is 0.426. The fourth-order valence-electron chi connectivity index (χ4n) is 2.49. The van der Waals surface area contributed by atoms with Gasteiger partial charge in [0.15, 0.2) is 0 Å². The Kier molecular flexibility index (Phi) is 4.01. The van der Waals surface area contributed by atoms with Gasteiger partial charge < -0.3 is 5.11 Å². The quantitative estimate of drug-likeness (QED) is 0.670. The Morgan fingerprint density at radius 1 is 1.43 bits per heavy atom. The second kappa shape index (κ2) is 4.84. The lowest BCUT2D eigenvalue weighted by molar-refractivity contribution is -0.0676. The summed E-state index contributed by atoms with van der Waals surface area (Å²) in [6, 6.07) is 0. The molecule has 14 heavy (non-hydrogen) atoms. The van der Waals surface area contributed by atoms with Crippen molar-refractivity contribution < 1.29 is 5.11 Å². The summed E-state index contributed by atoms with van der Waals surface area (Å²) < 4.78 is 0. The molecule has 0 bridgehead atoms. The lowest BCUT2D eigenvalue weighted by atomic mass is 9.69. The first-order valence-corrected chi connectivity index (χ1v) is 5.72. The molecule has 1 heteroatoms. The second-order valence-corrected chi connectivity index (χ2v) is 4.69. The van der Waals surface area contributed by atoms with Crippen LogP contribution in [0.3, 0.4) is 0 Å². The van der Waals surface area contributed by atoms with Gasteiger partial charge in [0.25, 0.3) is 0 Å². The van der Waals surface area contributed by atoms with Gasteiger partial charge in [-0.1, -0.05) is 26.7 Å². The summed E-state index contributed by atoms with van der Waals surface area (Å²) in [5.41, 5.74) is -0.443. The van der Waals surface area contributed by atoms with Gasteiger partial charge >= 0.3 is 0 Å². The molecule has 0 spiro atoms. The first-order valence-electron chi connectivity index (χ1n) is 5.72. The van der Waals surface area contributed by atoms with Crippen molar-refractivity contribution in [3.05, 3.63) is 0 Å². The standard InChI is InChI=1S/C13H22O/c1-4-5-6-9-13(14)10-7-8-11(2)12(13)3/h11-12,14H,6-10H2,1-3H3. The molecule has 0 aliphatic heterocycles. The first-order chi connectivity index (χ1) is 6.60. The van der Waals surface area contributed by atoms with Crippen molar-refractivity contribution in [1.29, 1.82) is 0 Å². The maximum Gasteiger partial charge on any atom is 0.0684 e. The zero-order valence-electron chi connectivity index (χ0n) is 9.64. The van der Waals surface area contributed by atoms with Crippen LogP contribution in [0.15, 0.2) is 0 Å². The molecule has 3 atom stereocenters. The topological polar surface area (TPSA) is 20.2 Å². The molecule has 1 aliphatic carbocycles. The third kappa shape index (κ3) is 2.51. The van der Waals surface area contributed by atoms with Crippen molar-refractivity contribution in [1.82, 2.24) is 0 Å². The van der Waals surface area contributed by atoms with E-state index in [9.17, 15) is 5.11 Å². The number of aliphatic hydroxyl groups is 1. The van der Waals surface area contributed by atoms with E-state index in [2.05, 4.69) is 25.7 Å². The van der Waals surface area contributed by atoms with Crippen LogP contribution in [0, 0.1) is 23.7 Å². The molecule has 1 nitrogen and oxygen atoms in total. The summed E-state index contributed by atoms with van der Waals surface area (Å²) in [5, 5.41) is 10.5. The van der Waals surface area contributed by atoms with Crippen LogP contribution < -0.4 is 0 Å². The van der Waals surface area contributed by atoms with Crippen molar-refractivity contribution in [3.63, 3.8) is 0 Å². The molecule has 0 aromatic heterocycles. The van der Waals surface area contributed by atoms with E-state index >= 15 is 0 Å². The first kappa shape index (κ1) is 11.6. The van der Waals surface area contributed by atoms with Gasteiger partial charge in [-0.15, -0.1) is 11.8 Å². The van der Waals surface area contributed by atoms with Crippen molar-refractivity contribution >= 4 is 0 Å². The monoisotopic (exact) mass is 194 g/mol. The van der Waals surface area contributed by atoms with Crippen LogP contribution in [0.4, 0.5) is 0 Å². The Morgan fingerprint density at radius 3 is 2.79 bits per heavy atom. The molecule has 3 unspecified atom stereocenters. The Balaban J connectivity index is 2.55. The molecule has 1 aliphatic rings. The molecular weight excluding hydrogens is 172 g/mol. The molecule has 0 amide bonds. The lowest BCUT2D eigenvalue weighted by Gasteiger charge is -2.41. The van der Waals surface area contributed by atoms with Crippen LogP contribution in [0.25, 0.3) is 0 Å². The number of hydrogen-bond donors (Lipinski definition) is 1. The minimum atomic E-state index is -0.443. The van der Waals surface area contributed by atoms with E-state index in [1.54, 1.807) is 0 Å². The summed E-state index contributed by atoms with van der Waals surface area (Å²) in [5.74, 6) is 7.02. The molecule has 0 saturated heterocycles. The maximum atomic E-state index is 10.5. The third-order valence-corrected chi connectivity index (χ3v) is 3.83. The van der Waals surface area contributed by atoms with Crippen LogP contribution in [-0.4, -0.2) is 10.7 Å². The van der Waals surface area contributed by atoms with Crippen molar-refractivity contribution in [2.75, 3.05) is 0 Å². The van der Waals surface area contributed by atoms with Crippen LogP contribution in [0.5, 0.6) is 0 Å². The highest BCUT2D eigenvalue weighted by molar-refractivity contribution is 4.99. The normalized spacial score (nSPS) is 37.4. The van der Waals surface area contributed by atoms with Crippen molar-refractivity contribution in [2.24, 2.45) is 11.8 Å². The average molecular weight is 194 g/mol. The van der Waals surface area contributed by atoms with Gasteiger partial charge in [-0.05, 0) is 31.6 Å². The highest BCUT2D eigenvalue weighted by Gasteiger charge is 2.38. The van der Waals surface area contributed by atoms with Crippen LogP contribution in [0.1, 0.15) is 52.9 Å². The summed E-state index contributed by atoms with van der Waals surface area (Å²) >= 11 is 0. The fraction of sp³-hybridized carbons (Fsp3) is 0.846. The SMILES string of the molecule is CC#CCCC1(O)CCCC(C)C1C. The molecule has 0 heterocycles. The zero-order valence-corrected chi connectivity index (χ0v) is 9.64. The molecule has 1 fully saturated rings. The van der Waals surface area contributed by atoms with E-state index < -0.39 is 5.60 Å². The zero-order chi connectivity index (χ0) is 10.6. The number of hydrogen-bond acceptors (Lipinski definition) is 1. The molecular formula is C13H22O. The van der Waals surface area contributed by atoms with Crippen LogP contribution in [0.2, 0.25) is 0 Å². The van der Waals surface area contributed by atoms with E-state index in [-0.39, 0.29) is 0 Å². The predicted octanol–water partition coefficient (Wildman–Crippen LogP) is 2.98. The van der Waals surface area contributed by atoms with Gasteiger partial charge in [0.1, 0.15) is 0 Å². The van der Waals surface area contributed by atoms with Crippen LogP contribution in [-0.2, 0) is 0 Å². The Morgan fingerprint density at radius 2 is 2.14 bits per heavy atom. The maximum absolute atomic E-state index is 10.5. The van der Waals surface area contributed by atoms with Crippen LogP contribution >= 0.6 is 0 Å². The van der Waals surface area contributed by atoms with Gasteiger partial charge in [0.2, 0.25) is 0 Å². The van der Waals surface area contributed by atoms with Gasteiger partial charge in [0.05, 0.1) is 5.60 Å². The Bertz CT molecular complexity index is 235. The summed E-state index contributed by atoms with van der Waals surface area (Å²) in [6.45, 7) is 6.29. The average Bonchev–Trinajstić information content (AvgIpc) is 2.15. The Labute approximate surface area is 87.9 Å². The smallest absolute Gasteiger partial charge is 0.0684 e. The molecule has 0 aromatic carbocycles. The summed E-state index contributed by atoms with van der Waals surface area (Å²) in [4.78, 5) is 0. The van der Waals surface area contributed by atoms with Crippen molar-refractivity contribution in [3.8, 4) is 11.8 Å². The third-order valence-electron chi connectivity index (χ3n) is 3.83. The second-order valence-electron chi connectivity index (χ2n) is 4.69. The van der Waals surface area contributed by atoms with Gasteiger partial charge in [-0.2, -0.15) is 0 Å². The molecule has 80 valence electrons. The number of rotatable bonds is 2. The van der Waals surface area contributed by atoms with Crippen molar-refractivity contribution in [2.45, 2.75) is 58.5 Å². The van der Waals surface area contributed by atoms with Gasteiger partial charge in [0, 0.05) is 6.42 Å². The molecule has 1 N–H and O–H groups in total. The lowest BCUT2D eigenvalue weighted by Crippen LogP contribution is -2.42. The highest BCUT2D eigenvalue weighted by atomic mass is 16.3. The largest absolute Gasteiger partial charge is 0.390 e. The van der Waals surface area contributed by atoms with E-state index in [4.69, 9.17) is 0 Å². The van der Waals surface area contributed by atoms with Gasteiger partial charge in [-0.3, -0.25) is 0 Å². The molecule has 1 rings (SSSR count). The minimum Gasteiger partial charge on any atom is -0.390 e. The van der Waals surface area contributed by atoms with E-state index in [1.807, 2.05) is 6.92 Å². The molecule has 0 radical (unpaired) electrons. The molecule has 0 aromatic rings.